The maximum atomic E-state index is 15.6. The van der Waals surface area contributed by atoms with E-state index in [1.165, 1.54) is 5.56 Å². The smallest absolute Gasteiger partial charge is 0.317 e. The van der Waals surface area contributed by atoms with Crippen molar-refractivity contribution < 1.29 is 4.32 Å². The van der Waals surface area contributed by atoms with Gasteiger partial charge in [-0.25, -0.2) is 0 Å². The molecule has 0 amide bonds. The van der Waals surface area contributed by atoms with E-state index >= 15 is 4.32 Å². The van der Waals surface area contributed by atoms with Crippen molar-refractivity contribution in [3.8, 4) is 0 Å². The summed E-state index contributed by atoms with van der Waals surface area (Å²) in [5, 5.41) is 7.15. The van der Waals surface area contributed by atoms with Gasteiger partial charge in [0.1, 0.15) is 0 Å². The molecule has 0 aliphatic carbocycles. The topological polar surface area (TPSA) is 24.4 Å². The van der Waals surface area contributed by atoms with Crippen LogP contribution in [0.4, 0.5) is 4.32 Å². The Bertz CT molecular complexity index is 632. The zero-order chi connectivity index (χ0) is 21.2. The van der Waals surface area contributed by atoms with E-state index in [2.05, 4.69) is 98.7 Å². The molecular formula is C23H40BFN2. The number of halogens is 1. The number of hydrogen-bond donors (Lipinski definition) is 1. The predicted molar refractivity (Wildman–Crippen MR) is 120 cm³/mol. The molecule has 0 fully saturated rings. The highest BCUT2D eigenvalue weighted by atomic mass is 19.1. The normalized spacial score (nSPS) is 12.7. The molecular weight excluding hydrogens is 334 g/mol. The fraction of sp³-hybridized carbons (Fsp3) is 0.696. The van der Waals surface area contributed by atoms with Crippen LogP contribution in [0.5, 0.6) is 0 Å². The minimum absolute atomic E-state index is 0.00745. The number of nitrogens with one attached hydrogen (secondary N) is 1. The molecule has 0 spiro atoms. The van der Waals surface area contributed by atoms with Crippen LogP contribution in [-0.2, 0) is 16.2 Å². The van der Waals surface area contributed by atoms with E-state index in [1.807, 2.05) is 0 Å². The van der Waals surface area contributed by atoms with Crippen molar-refractivity contribution in [2.45, 2.75) is 105 Å². The summed E-state index contributed by atoms with van der Waals surface area (Å²) >= 11 is 0. The first-order valence-electron chi connectivity index (χ1n) is 10.3. The number of nitrogens with zero attached hydrogens (tertiary/aromatic N) is 1. The van der Waals surface area contributed by atoms with Crippen LogP contribution in [0.3, 0.4) is 0 Å². The average molecular weight is 374 g/mol. The van der Waals surface area contributed by atoms with Crippen molar-refractivity contribution in [3.63, 3.8) is 0 Å². The molecule has 27 heavy (non-hydrogen) atoms. The monoisotopic (exact) mass is 374 g/mol. The van der Waals surface area contributed by atoms with Crippen LogP contribution in [0.2, 0.25) is 0 Å². The molecule has 0 atom stereocenters. The quantitative estimate of drug-likeness (QED) is 0.381. The highest BCUT2D eigenvalue weighted by Crippen LogP contribution is 2.33. The van der Waals surface area contributed by atoms with Gasteiger partial charge in [-0.05, 0) is 51.2 Å². The Labute approximate surface area is 167 Å². The van der Waals surface area contributed by atoms with E-state index in [1.54, 1.807) is 0 Å². The lowest BCUT2D eigenvalue weighted by molar-refractivity contribution is 0.551. The molecule has 0 aromatic heterocycles. The molecule has 1 rings (SSSR count). The first-order chi connectivity index (χ1) is 12.1. The summed E-state index contributed by atoms with van der Waals surface area (Å²) in [4.78, 5) is 0. The molecule has 1 N–H and O–H groups in total. The molecule has 2 nitrogen and oxygen atoms in total. The van der Waals surface area contributed by atoms with Gasteiger partial charge in [0.2, 0.25) is 0 Å². The first-order valence-corrected chi connectivity index (χ1v) is 10.3. The fourth-order valence-electron chi connectivity index (χ4n) is 3.22. The average Bonchev–Trinajstić information content (AvgIpc) is 2.51. The van der Waals surface area contributed by atoms with E-state index in [4.69, 9.17) is 0 Å². The predicted octanol–water partition coefficient (Wildman–Crippen LogP) is 6.01. The van der Waals surface area contributed by atoms with Gasteiger partial charge in [-0.2, -0.15) is 5.10 Å². The Hall–Kier alpha value is -1.32. The van der Waals surface area contributed by atoms with Crippen LogP contribution in [0.15, 0.2) is 17.2 Å². The van der Waals surface area contributed by atoms with Gasteiger partial charge in [-0.1, -0.05) is 88.3 Å². The van der Waals surface area contributed by atoms with Crippen molar-refractivity contribution in [2.24, 2.45) is 5.10 Å². The number of rotatable bonds is 5. The van der Waals surface area contributed by atoms with Gasteiger partial charge in [0, 0.05) is 5.71 Å². The molecule has 1 aromatic carbocycles. The third kappa shape index (κ3) is 6.09. The summed E-state index contributed by atoms with van der Waals surface area (Å²) in [7, 11) is -1.32. The van der Waals surface area contributed by atoms with Crippen LogP contribution < -0.4 is 10.8 Å². The highest BCUT2D eigenvalue weighted by molar-refractivity contribution is 6.65. The van der Waals surface area contributed by atoms with Gasteiger partial charge in [0.15, 0.2) is 0 Å². The molecule has 0 unspecified atom stereocenters. The van der Waals surface area contributed by atoms with Gasteiger partial charge in [0.25, 0.3) is 0 Å². The van der Waals surface area contributed by atoms with E-state index in [-0.39, 0.29) is 16.2 Å². The Kier molecular flexibility index (Phi) is 7.35. The molecule has 1 aromatic rings. The summed E-state index contributed by atoms with van der Waals surface area (Å²) in [6, 6.07) is 4.40. The van der Waals surface area contributed by atoms with Crippen molar-refractivity contribution in [3.05, 3.63) is 28.8 Å². The van der Waals surface area contributed by atoms with Gasteiger partial charge in [0.05, 0.1) is 0 Å². The molecule has 0 saturated carbocycles. The van der Waals surface area contributed by atoms with E-state index in [0.29, 0.717) is 0 Å². The Morgan fingerprint density at radius 3 is 1.56 bits per heavy atom. The highest BCUT2D eigenvalue weighted by Gasteiger charge is 2.35. The van der Waals surface area contributed by atoms with Gasteiger partial charge in [-0.15, -0.1) is 0 Å². The molecule has 0 aliphatic rings. The molecule has 4 heteroatoms. The van der Waals surface area contributed by atoms with E-state index in [0.717, 1.165) is 35.1 Å². The zero-order valence-corrected chi connectivity index (χ0v) is 19.5. The number of hydrazone groups is 1. The molecule has 0 aliphatic heterocycles. The van der Waals surface area contributed by atoms with E-state index in [9.17, 15) is 0 Å². The van der Waals surface area contributed by atoms with Crippen LogP contribution >= 0.6 is 0 Å². The van der Waals surface area contributed by atoms with Crippen LogP contribution in [-0.4, -0.2) is 12.8 Å². The lowest BCUT2D eigenvalue weighted by Crippen LogP contribution is -2.47. The third-order valence-electron chi connectivity index (χ3n) is 5.07. The summed E-state index contributed by atoms with van der Waals surface area (Å²) in [6.07, 6.45) is 1.66. The van der Waals surface area contributed by atoms with Crippen LogP contribution in [0.1, 0.15) is 106 Å². The summed E-state index contributed by atoms with van der Waals surface area (Å²) in [6.45, 7) is 23.7. The van der Waals surface area contributed by atoms with Crippen LogP contribution in [0.25, 0.3) is 0 Å². The second-order valence-corrected chi connectivity index (χ2v) is 10.6. The van der Waals surface area contributed by atoms with E-state index < -0.39 is 7.12 Å². The minimum Gasteiger partial charge on any atom is -0.317 e. The number of hydrogen-bond acceptors (Lipinski definition) is 2. The van der Waals surface area contributed by atoms with Crippen molar-refractivity contribution in [2.75, 3.05) is 0 Å². The van der Waals surface area contributed by atoms with Crippen molar-refractivity contribution >= 4 is 18.3 Å². The molecule has 152 valence electrons. The summed E-state index contributed by atoms with van der Waals surface area (Å²) in [5.41, 5.74) is 4.79. The van der Waals surface area contributed by atoms with Gasteiger partial charge < -0.3 is 5.34 Å². The standard InChI is InChI=1S/C23H40BFN2/c1-12-17(13-2)26-27-24(25)20-18(22(6,7)8)14-16(21(3,4)5)15-19(20)23(9,10)11/h14-15,27H,12-13H2,1-11H3. The molecule has 0 heterocycles. The largest absolute Gasteiger partial charge is 0.508 e. The van der Waals surface area contributed by atoms with Crippen molar-refractivity contribution in [1.29, 1.82) is 0 Å². The SMILES string of the molecule is CCC(CC)=NNB(F)c1c(C(C)(C)C)cc(C(C)(C)C)cc1C(C)(C)C. The lowest BCUT2D eigenvalue weighted by atomic mass is 9.61. The van der Waals surface area contributed by atoms with Gasteiger partial charge >= 0.3 is 7.12 Å². The minimum atomic E-state index is -1.32. The Morgan fingerprint density at radius 1 is 0.852 bits per heavy atom. The summed E-state index contributed by atoms with van der Waals surface area (Å²) in [5.74, 6) is 0. The summed E-state index contributed by atoms with van der Waals surface area (Å²) < 4.78 is 15.6. The Balaban J connectivity index is 3.71. The lowest BCUT2D eigenvalue weighted by Gasteiger charge is -2.34. The van der Waals surface area contributed by atoms with Crippen LogP contribution in [0, 0.1) is 0 Å². The zero-order valence-electron chi connectivity index (χ0n) is 19.5. The van der Waals surface area contributed by atoms with Gasteiger partial charge in [-0.3, -0.25) is 4.32 Å². The molecule has 0 bridgehead atoms. The first kappa shape index (κ1) is 23.7. The third-order valence-corrected chi connectivity index (χ3v) is 5.07. The fourth-order valence-corrected chi connectivity index (χ4v) is 3.22. The second kappa shape index (κ2) is 8.37. The maximum absolute atomic E-state index is 15.6. The Morgan fingerprint density at radius 2 is 1.26 bits per heavy atom. The number of benzene rings is 1. The second-order valence-electron chi connectivity index (χ2n) is 10.6. The van der Waals surface area contributed by atoms with Crippen molar-refractivity contribution in [1.82, 2.24) is 5.34 Å². The molecule has 0 radical (unpaired) electrons. The molecule has 0 saturated heterocycles. The maximum Gasteiger partial charge on any atom is 0.508 e.